The van der Waals surface area contributed by atoms with Gasteiger partial charge in [-0.1, -0.05) is 6.07 Å². The van der Waals surface area contributed by atoms with E-state index in [1.807, 2.05) is 0 Å². The number of hydrogen-bond acceptors (Lipinski definition) is 2. The lowest BCUT2D eigenvalue weighted by Crippen LogP contribution is -2.04. The predicted octanol–water partition coefficient (Wildman–Crippen LogP) is 1.79. The molecule has 0 fully saturated rings. The lowest BCUT2D eigenvalue weighted by atomic mass is 10.1. The number of benzene rings is 1. The second kappa shape index (κ2) is 3.34. The standard InChI is InChI=1S/C9H8FO2/c1-6-7(9(11)12-2)4-3-5-8(6)10/h3-5H,1H2,2H3. The van der Waals surface area contributed by atoms with Gasteiger partial charge in [0.15, 0.2) is 0 Å². The van der Waals surface area contributed by atoms with E-state index in [0.29, 0.717) is 0 Å². The van der Waals surface area contributed by atoms with Crippen molar-refractivity contribution in [2.45, 2.75) is 0 Å². The van der Waals surface area contributed by atoms with Crippen molar-refractivity contribution in [2.24, 2.45) is 0 Å². The predicted molar refractivity (Wildman–Crippen MR) is 42.2 cm³/mol. The van der Waals surface area contributed by atoms with Gasteiger partial charge in [-0.15, -0.1) is 0 Å². The molecule has 0 aliphatic heterocycles. The van der Waals surface area contributed by atoms with Crippen LogP contribution in [0.5, 0.6) is 0 Å². The molecule has 1 aromatic carbocycles. The molecule has 0 heterocycles. The zero-order valence-corrected chi connectivity index (χ0v) is 6.63. The maximum Gasteiger partial charge on any atom is 0.338 e. The van der Waals surface area contributed by atoms with Crippen molar-refractivity contribution in [3.63, 3.8) is 0 Å². The first-order valence-corrected chi connectivity index (χ1v) is 3.35. The third-order valence-electron chi connectivity index (χ3n) is 1.52. The topological polar surface area (TPSA) is 26.3 Å². The van der Waals surface area contributed by atoms with Crippen molar-refractivity contribution in [3.05, 3.63) is 42.1 Å². The summed E-state index contributed by atoms with van der Waals surface area (Å²) in [7, 11) is 1.24. The lowest BCUT2D eigenvalue weighted by molar-refractivity contribution is 0.0599. The Morgan fingerprint density at radius 3 is 2.83 bits per heavy atom. The number of hydrogen-bond donors (Lipinski definition) is 0. The molecule has 0 unspecified atom stereocenters. The van der Waals surface area contributed by atoms with Crippen LogP contribution < -0.4 is 0 Å². The number of halogens is 1. The van der Waals surface area contributed by atoms with E-state index < -0.39 is 11.8 Å². The number of carbonyl (C=O) groups is 1. The van der Waals surface area contributed by atoms with E-state index in [4.69, 9.17) is 0 Å². The van der Waals surface area contributed by atoms with Crippen LogP contribution in [0.25, 0.3) is 0 Å². The highest BCUT2D eigenvalue weighted by Gasteiger charge is 2.10. The van der Waals surface area contributed by atoms with Crippen LogP contribution in [0.15, 0.2) is 18.2 Å². The molecule has 1 radical (unpaired) electrons. The highest BCUT2D eigenvalue weighted by Crippen LogP contribution is 2.12. The number of rotatable bonds is 1. The summed E-state index contributed by atoms with van der Waals surface area (Å²) in [6.07, 6.45) is 0. The van der Waals surface area contributed by atoms with E-state index in [-0.39, 0.29) is 11.1 Å². The summed E-state index contributed by atoms with van der Waals surface area (Å²) in [5, 5.41) is 0. The first kappa shape index (κ1) is 8.71. The summed E-state index contributed by atoms with van der Waals surface area (Å²) < 4.78 is 17.2. The summed E-state index contributed by atoms with van der Waals surface area (Å²) in [4.78, 5) is 11.0. The van der Waals surface area contributed by atoms with Crippen LogP contribution in [-0.4, -0.2) is 13.1 Å². The van der Waals surface area contributed by atoms with Gasteiger partial charge in [-0.3, -0.25) is 0 Å². The van der Waals surface area contributed by atoms with Crippen LogP contribution in [0.1, 0.15) is 15.9 Å². The molecule has 3 heteroatoms. The quantitative estimate of drug-likeness (QED) is 0.596. The zero-order valence-electron chi connectivity index (χ0n) is 6.63. The Morgan fingerprint density at radius 2 is 2.25 bits per heavy atom. The van der Waals surface area contributed by atoms with Crippen molar-refractivity contribution in [2.75, 3.05) is 7.11 Å². The molecule has 0 amide bonds. The first-order chi connectivity index (χ1) is 5.66. The zero-order chi connectivity index (χ0) is 9.14. The highest BCUT2D eigenvalue weighted by molar-refractivity contribution is 5.91. The van der Waals surface area contributed by atoms with Crippen LogP contribution in [0, 0.1) is 12.7 Å². The Morgan fingerprint density at radius 1 is 1.58 bits per heavy atom. The maximum absolute atomic E-state index is 12.8. The van der Waals surface area contributed by atoms with E-state index in [2.05, 4.69) is 11.7 Å². The molecule has 0 aliphatic carbocycles. The molecule has 1 aromatic rings. The number of esters is 1. The lowest BCUT2D eigenvalue weighted by Gasteiger charge is -2.02. The van der Waals surface area contributed by atoms with Crippen molar-refractivity contribution in [3.8, 4) is 0 Å². The Kier molecular flexibility index (Phi) is 2.43. The van der Waals surface area contributed by atoms with Gasteiger partial charge < -0.3 is 4.74 Å². The van der Waals surface area contributed by atoms with Gasteiger partial charge in [-0.25, -0.2) is 9.18 Å². The van der Waals surface area contributed by atoms with Crippen molar-refractivity contribution >= 4 is 5.97 Å². The average Bonchev–Trinajstić information content (AvgIpc) is 2.08. The van der Waals surface area contributed by atoms with Gasteiger partial charge in [-0.2, -0.15) is 0 Å². The second-order valence-corrected chi connectivity index (χ2v) is 2.26. The van der Waals surface area contributed by atoms with E-state index in [9.17, 15) is 9.18 Å². The van der Waals surface area contributed by atoms with E-state index >= 15 is 0 Å². The van der Waals surface area contributed by atoms with E-state index in [1.165, 1.54) is 25.3 Å². The molecule has 0 saturated heterocycles. The molecule has 0 aromatic heterocycles. The van der Waals surface area contributed by atoms with Crippen molar-refractivity contribution in [1.82, 2.24) is 0 Å². The van der Waals surface area contributed by atoms with Gasteiger partial charge in [0.05, 0.1) is 12.7 Å². The van der Waals surface area contributed by atoms with Crippen LogP contribution in [0.3, 0.4) is 0 Å². The molecular weight excluding hydrogens is 159 g/mol. The number of carbonyl (C=O) groups excluding carboxylic acids is 1. The van der Waals surface area contributed by atoms with Gasteiger partial charge in [0.25, 0.3) is 0 Å². The van der Waals surface area contributed by atoms with Gasteiger partial charge in [0, 0.05) is 5.56 Å². The van der Waals surface area contributed by atoms with Gasteiger partial charge in [0.1, 0.15) is 5.82 Å². The normalized spacial score (nSPS) is 9.58. The molecule has 0 atom stereocenters. The molecule has 0 N–H and O–H groups in total. The third kappa shape index (κ3) is 1.44. The minimum atomic E-state index is -0.570. The van der Waals surface area contributed by atoms with Gasteiger partial charge >= 0.3 is 5.97 Å². The molecule has 2 nitrogen and oxygen atoms in total. The van der Waals surface area contributed by atoms with Crippen LogP contribution in [0.4, 0.5) is 4.39 Å². The number of methoxy groups -OCH3 is 1. The summed E-state index contributed by atoms with van der Waals surface area (Å²) >= 11 is 0. The third-order valence-corrected chi connectivity index (χ3v) is 1.52. The Labute approximate surface area is 70.0 Å². The summed E-state index contributed by atoms with van der Waals surface area (Å²) in [6, 6.07) is 4.16. The minimum Gasteiger partial charge on any atom is -0.465 e. The smallest absolute Gasteiger partial charge is 0.338 e. The monoisotopic (exact) mass is 167 g/mol. The van der Waals surface area contributed by atoms with Gasteiger partial charge in [0.2, 0.25) is 0 Å². The van der Waals surface area contributed by atoms with Crippen LogP contribution >= 0.6 is 0 Å². The molecule has 0 aliphatic rings. The van der Waals surface area contributed by atoms with Crippen LogP contribution in [-0.2, 0) is 4.74 Å². The SMILES string of the molecule is [CH2]c1c(F)cccc1C(=O)OC. The summed E-state index contributed by atoms with van der Waals surface area (Å²) in [5.74, 6) is -1.07. The molecule has 1 rings (SSSR count). The second-order valence-electron chi connectivity index (χ2n) is 2.26. The van der Waals surface area contributed by atoms with Crippen molar-refractivity contribution < 1.29 is 13.9 Å². The molecule has 63 valence electrons. The Hall–Kier alpha value is -1.38. The fraction of sp³-hybridized carbons (Fsp3) is 0.111. The molecule has 0 bridgehead atoms. The number of ether oxygens (including phenoxy) is 1. The minimum absolute atomic E-state index is 0.0735. The fourth-order valence-corrected chi connectivity index (χ4v) is 0.860. The molecular formula is C9H8FO2. The Bertz CT molecular complexity index is 307. The largest absolute Gasteiger partial charge is 0.465 e. The Balaban J connectivity index is 3.16. The fourth-order valence-electron chi connectivity index (χ4n) is 0.860. The maximum atomic E-state index is 12.8. The first-order valence-electron chi connectivity index (χ1n) is 3.35. The molecule has 0 saturated carbocycles. The summed E-state index contributed by atoms with van der Waals surface area (Å²) in [5.41, 5.74) is 0.238. The van der Waals surface area contributed by atoms with Crippen molar-refractivity contribution in [1.29, 1.82) is 0 Å². The van der Waals surface area contributed by atoms with E-state index in [0.717, 1.165) is 0 Å². The highest BCUT2D eigenvalue weighted by atomic mass is 19.1. The average molecular weight is 167 g/mol. The molecule has 0 spiro atoms. The molecule has 12 heavy (non-hydrogen) atoms. The van der Waals surface area contributed by atoms with Crippen LogP contribution in [0.2, 0.25) is 0 Å². The summed E-state index contributed by atoms with van der Waals surface area (Å²) in [6.45, 7) is 3.41. The van der Waals surface area contributed by atoms with Gasteiger partial charge in [-0.05, 0) is 19.1 Å². The van der Waals surface area contributed by atoms with E-state index in [1.54, 1.807) is 0 Å².